The second kappa shape index (κ2) is 4.85. The van der Waals surface area contributed by atoms with E-state index in [0.717, 1.165) is 19.3 Å². The highest BCUT2D eigenvalue weighted by Crippen LogP contribution is 2.60. The third kappa shape index (κ3) is 2.07. The van der Waals surface area contributed by atoms with Gasteiger partial charge in [0.2, 0.25) is 0 Å². The number of hydrogen-bond donors (Lipinski definition) is 0. The van der Waals surface area contributed by atoms with E-state index in [9.17, 15) is 9.59 Å². The minimum atomic E-state index is -0.416. The Bertz CT molecular complexity index is 447. The first kappa shape index (κ1) is 14.6. The van der Waals surface area contributed by atoms with Crippen LogP contribution in [0.4, 0.5) is 0 Å². The van der Waals surface area contributed by atoms with Crippen LogP contribution in [0, 0.1) is 23.7 Å². The molecule has 6 atom stereocenters. The summed E-state index contributed by atoms with van der Waals surface area (Å²) < 4.78 is 11.2. The number of ether oxygens (including phenoxy) is 2. The van der Waals surface area contributed by atoms with Crippen molar-refractivity contribution in [3.8, 4) is 0 Å². The van der Waals surface area contributed by atoms with Crippen LogP contribution in [0.3, 0.4) is 0 Å². The number of carbonyl (C=O) groups is 2. The predicted molar refractivity (Wildman–Crippen MR) is 81.3 cm³/mol. The van der Waals surface area contributed by atoms with Crippen molar-refractivity contribution in [1.29, 1.82) is 0 Å². The van der Waals surface area contributed by atoms with E-state index in [2.05, 4.69) is 22.6 Å². The van der Waals surface area contributed by atoms with Crippen molar-refractivity contribution in [3.63, 3.8) is 0 Å². The Morgan fingerprint density at radius 3 is 2.85 bits per heavy atom. The molecule has 4 nitrogen and oxygen atoms in total. The molecule has 0 radical (unpaired) electrons. The molecule has 3 aliphatic rings. The molecular weight excluding hydrogens is 371 g/mol. The van der Waals surface area contributed by atoms with Gasteiger partial charge in [-0.05, 0) is 39.0 Å². The fourth-order valence-electron chi connectivity index (χ4n) is 4.51. The van der Waals surface area contributed by atoms with Gasteiger partial charge in [0.15, 0.2) is 0 Å². The average molecular weight is 392 g/mol. The summed E-state index contributed by atoms with van der Waals surface area (Å²) in [6, 6.07) is 0. The third-order valence-electron chi connectivity index (χ3n) is 5.26. The van der Waals surface area contributed by atoms with Gasteiger partial charge in [0.25, 0.3) is 0 Å². The van der Waals surface area contributed by atoms with Crippen LogP contribution < -0.4 is 0 Å². The zero-order valence-corrected chi connectivity index (χ0v) is 14.3. The molecule has 0 amide bonds. The number of halogens is 1. The summed E-state index contributed by atoms with van der Waals surface area (Å²) >= 11 is 2.14. The van der Waals surface area contributed by atoms with Crippen molar-refractivity contribution >= 4 is 34.5 Å². The molecule has 1 aliphatic heterocycles. The first-order valence-electron chi connectivity index (χ1n) is 7.42. The van der Waals surface area contributed by atoms with Crippen LogP contribution >= 0.6 is 22.6 Å². The lowest BCUT2D eigenvalue weighted by Crippen LogP contribution is -2.41. The van der Waals surface area contributed by atoms with Crippen molar-refractivity contribution < 1.29 is 19.1 Å². The lowest BCUT2D eigenvalue weighted by atomic mass is 9.72. The topological polar surface area (TPSA) is 52.6 Å². The number of cyclic esters (lactones) is 1. The van der Waals surface area contributed by atoms with Crippen molar-refractivity contribution in [2.45, 2.75) is 55.7 Å². The third-order valence-corrected chi connectivity index (χ3v) is 6.65. The molecule has 1 heterocycles. The molecule has 2 aliphatic carbocycles. The highest BCUT2D eigenvalue weighted by Gasteiger charge is 2.66. The van der Waals surface area contributed by atoms with Crippen LogP contribution in [-0.4, -0.2) is 27.6 Å². The minimum Gasteiger partial charge on any atom is -0.461 e. The van der Waals surface area contributed by atoms with Crippen LogP contribution in [0.25, 0.3) is 0 Å². The maximum atomic E-state index is 12.0. The zero-order chi connectivity index (χ0) is 14.7. The molecule has 6 unspecified atom stereocenters. The largest absolute Gasteiger partial charge is 0.461 e. The Morgan fingerprint density at radius 1 is 1.50 bits per heavy atom. The number of alkyl halides is 1. The maximum Gasteiger partial charge on any atom is 0.319 e. The van der Waals surface area contributed by atoms with E-state index in [0.29, 0.717) is 5.92 Å². The summed E-state index contributed by atoms with van der Waals surface area (Å²) in [5.41, 5.74) is -0.416. The van der Waals surface area contributed by atoms with Gasteiger partial charge in [-0.1, -0.05) is 29.5 Å². The summed E-state index contributed by atoms with van der Waals surface area (Å²) in [4.78, 5) is 24.0. The normalized spacial score (nSPS) is 42.2. The molecule has 20 heavy (non-hydrogen) atoms. The SMILES string of the molecule is CCC(I)C(=O)OC1CC2CC1C1C2C(=O)OC1(C)C. The van der Waals surface area contributed by atoms with Crippen LogP contribution in [0.2, 0.25) is 0 Å². The standard InChI is InChI=1S/C15H21IO4/c1-4-9(16)13(17)19-10-6-7-5-8(10)12-11(7)14(18)20-15(12,2)3/h7-12H,4-6H2,1-3H3. The van der Waals surface area contributed by atoms with E-state index in [4.69, 9.17) is 9.47 Å². The molecule has 0 aromatic rings. The quantitative estimate of drug-likeness (QED) is 0.421. The van der Waals surface area contributed by atoms with E-state index in [-0.39, 0.29) is 39.7 Å². The minimum absolute atomic E-state index is 0.0219. The van der Waals surface area contributed by atoms with Crippen LogP contribution in [0.15, 0.2) is 0 Å². The van der Waals surface area contributed by atoms with Gasteiger partial charge in [-0.2, -0.15) is 0 Å². The fraction of sp³-hybridized carbons (Fsp3) is 0.867. The van der Waals surface area contributed by atoms with E-state index in [1.54, 1.807) is 0 Å². The molecule has 1 saturated heterocycles. The summed E-state index contributed by atoms with van der Waals surface area (Å²) in [6.07, 6.45) is 2.60. The molecule has 0 aromatic heterocycles. The van der Waals surface area contributed by atoms with E-state index < -0.39 is 5.60 Å². The Hall–Kier alpha value is -0.330. The number of carbonyl (C=O) groups excluding carboxylic acids is 2. The van der Waals surface area contributed by atoms with Gasteiger partial charge in [0.05, 0.1) is 5.92 Å². The van der Waals surface area contributed by atoms with Crippen LogP contribution in [-0.2, 0) is 19.1 Å². The first-order valence-corrected chi connectivity index (χ1v) is 8.67. The van der Waals surface area contributed by atoms with Crippen molar-refractivity contribution in [1.82, 2.24) is 0 Å². The smallest absolute Gasteiger partial charge is 0.319 e. The number of rotatable bonds is 3. The highest BCUT2D eigenvalue weighted by molar-refractivity contribution is 14.1. The molecule has 0 aromatic carbocycles. The Morgan fingerprint density at radius 2 is 2.20 bits per heavy atom. The van der Waals surface area contributed by atoms with Gasteiger partial charge in [0, 0.05) is 11.8 Å². The van der Waals surface area contributed by atoms with Crippen molar-refractivity contribution in [2.24, 2.45) is 23.7 Å². The van der Waals surface area contributed by atoms with Crippen LogP contribution in [0.1, 0.15) is 40.0 Å². The molecule has 0 spiro atoms. The van der Waals surface area contributed by atoms with Gasteiger partial charge >= 0.3 is 11.9 Å². The summed E-state index contributed by atoms with van der Waals surface area (Å²) in [7, 11) is 0. The summed E-state index contributed by atoms with van der Waals surface area (Å²) in [6.45, 7) is 5.96. The average Bonchev–Trinajstić information content (AvgIpc) is 3.00. The number of hydrogen-bond acceptors (Lipinski definition) is 4. The Balaban J connectivity index is 1.74. The monoisotopic (exact) mass is 392 g/mol. The Labute approximate surface area is 133 Å². The van der Waals surface area contributed by atoms with Gasteiger partial charge in [0.1, 0.15) is 15.6 Å². The maximum absolute atomic E-state index is 12.0. The van der Waals surface area contributed by atoms with Crippen molar-refractivity contribution in [2.75, 3.05) is 0 Å². The molecule has 2 bridgehead atoms. The van der Waals surface area contributed by atoms with Gasteiger partial charge in [-0.25, -0.2) is 0 Å². The molecule has 3 rings (SSSR count). The highest BCUT2D eigenvalue weighted by atomic mass is 127. The molecule has 112 valence electrons. The summed E-state index contributed by atoms with van der Waals surface area (Å²) in [5, 5.41) is 0. The van der Waals surface area contributed by atoms with Crippen LogP contribution in [0.5, 0.6) is 0 Å². The van der Waals surface area contributed by atoms with Gasteiger partial charge in [-0.3, -0.25) is 9.59 Å². The van der Waals surface area contributed by atoms with E-state index in [1.165, 1.54) is 0 Å². The molecular formula is C15H21IO4. The van der Waals surface area contributed by atoms with Gasteiger partial charge < -0.3 is 9.47 Å². The number of fused-ring (bicyclic) bond motifs is 5. The number of esters is 2. The second-order valence-electron chi connectivity index (χ2n) is 6.82. The predicted octanol–water partition coefficient (Wildman–Crippen LogP) is 2.72. The summed E-state index contributed by atoms with van der Waals surface area (Å²) in [5.74, 6) is 0.720. The Kier molecular flexibility index (Phi) is 3.54. The van der Waals surface area contributed by atoms with E-state index in [1.807, 2.05) is 20.8 Å². The lowest BCUT2D eigenvalue weighted by Gasteiger charge is -2.35. The van der Waals surface area contributed by atoms with Gasteiger partial charge in [-0.15, -0.1) is 0 Å². The second-order valence-corrected chi connectivity index (χ2v) is 8.33. The molecule has 0 N–H and O–H groups in total. The van der Waals surface area contributed by atoms with Crippen molar-refractivity contribution in [3.05, 3.63) is 0 Å². The van der Waals surface area contributed by atoms with E-state index >= 15 is 0 Å². The molecule has 2 saturated carbocycles. The molecule has 3 fully saturated rings. The zero-order valence-electron chi connectivity index (χ0n) is 12.1. The fourth-order valence-corrected chi connectivity index (χ4v) is 4.66. The lowest BCUT2D eigenvalue weighted by molar-refractivity contribution is -0.154. The molecule has 5 heteroatoms. The first-order chi connectivity index (χ1) is 9.35.